The number of hydrogen-bond donors (Lipinski definition) is 1. The second-order valence-corrected chi connectivity index (χ2v) is 3.69. The first-order valence-corrected chi connectivity index (χ1v) is 5.33. The zero-order valence-corrected chi connectivity index (χ0v) is 9.67. The molecule has 1 rings (SSSR count). The maximum absolute atomic E-state index is 2.24. The maximum atomic E-state index is 2.24. The van der Waals surface area contributed by atoms with E-state index in [1.165, 1.54) is 16.3 Å². The fourth-order valence-electron chi connectivity index (χ4n) is 1.39. The molecule has 0 aliphatic rings. The predicted molar refractivity (Wildman–Crippen MR) is 62.5 cm³/mol. The van der Waals surface area contributed by atoms with Crippen LogP contribution in [0.3, 0.4) is 0 Å². The second-order valence-electron chi connectivity index (χ2n) is 3.69. The zero-order chi connectivity index (χ0) is 10.6. The van der Waals surface area contributed by atoms with Gasteiger partial charge in [-0.1, -0.05) is 0 Å². The third-order valence-corrected chi connectivity index (χ3v) is 2.81. The van der Waals surface area contributed by atoms with Gasteiger partial charge in [0.15, 0.2) is 0 Å². The molecule has 0 spiro atoms. The Morgan fingerprint density at radius 3 is 2.14 bits per heavy atom. The highest BCUT2D eigenvalue weighted by Gasteiger charge is 2.04. The highest BCUT2D eigenvalue weighted by atomic mass is 15.1. The first-order valence-electron chi connectivity index (χ1n) is 5.33. The van der Waals surface area contributed by atoms with Crippen LogP contribution in [0.2, 0.25) is 0 Å². The van der Waals surface area contributed by atoms with Crippen LogP contribution in [-0.4, -0.2) is 27.2 Å². The van der Waals surface area contributed by atoms with E-state index in [9.17, 15) is 0 Å². The molecule has 0 saturated carbocycles. The van der Waals surface area contributed by atoms with E-state index in [-0.39, 0.29) is 0 Å². The van der Waals surface area contributed by atoms with Crippen molar-refractivity contribution in [1.29, 1.82) is 0 Å². The van der Waals surface area contributed by atoms with Gasteiger partial charge in [-0.3, -0.25) is 0 Å². The molecule has 2 nitrogen and oxygen atoms in total. The van der Waals surface area contributed by atoms with Gasteiger partial charge in [0.1, 0.15) is 5.69 Å². The van der Waals surface area contributed by atoms with Gasteiger partial charge in [0.2, 0.25) is 0 Å². The lowest BCUT2D eigenvalue weighted by molar-refractivity contribution is -0.807. The van der Waals surface area contributed by atoms with E-state index in [0.717, 1.165) is 13.1 Å². The quantitative estimate of drug-likeness (QED) is 0.757. The number of anilines is 1. The Labute approximate surface area is 87.1 Å². The van der Waals surface area contributed by atoms with Gasteiger partial charge in [-0.05, 0) is 26.0 Å². The highest BCUT2D eigenvalue weighted by Crippen LogP contribution is 2.13. The number of nitrogens with one attached hydrogen (secondary N) is 1. The lowest BCUT2D eigenvalue weighted by atomic mass is 10.2. The standard InChI is InChI=1S/C12H20N2/c1-5-13(3)11-7-9-12(10-8-11)14(4)6-2/h7-10H,5-6H2,1-4H3/p+1. The summed E-state index contributed by atoms with van der Waals surface area (Å²) in [5.74, 6) is 0. The Morgan fingerprint density at radius 2 is 1.71 bits per heavy atom. The molecule has 14 heavy (non-hydrogen) atoms. The van der Waals surface area contributed by atoms with Gasteiger partial charge in [-0.2, -0.15) is 0 Å². The Kier molecular flexibility index (Phi) is 3.96. The molecule has 2 heteroatoms. The topological polar surface area (TPSA) is 7.68 Å². The summed E-state index contributed by atoms with van der Waals surface area (Å²) in [5, 5.41) is 0. The van der Waals surface area contributed by atoms with Crippen molar-refractivity contribution in [3.05, 3.63) is 24.3 Å². The zero-order valence-electron chi connectivity index (χ0n) is 9.67. The number of rotatable bonds is 4. The fraction of sp³-hybridized carbons (Fsp3) is 0.500. The van der Waals surface area contributed by atoms with E-state index >= 15 is 0 Å². The summed E-state index contributed by atoms with van der Waals surface area (Å²) in [4.78, 5) is 3.70. The lowest BCUT2D eigenvalue weighted by Crippen LogP contribution is -3.03. The summed E-state index contributed by atoms with van der Waals surface area (Å²) in [6.45, 7) is 6.54. The highest BCUT2D eigenvalue weighted by molar-refractivity contribution is 5.49. The van der Waals surface area contributed by atoms with Crippen LogP contribution in [0.25, 0.3) is 0 Å². The van der Waals surface area contributed by atoms with Gasteiger partial charge in [-0.25, -0.2) is 0 Å². The summed E-state index contributed by atoms with van der Waals surface area (Å²) >= 11 is 0. The molecule has 1 N–H and O–H groups in total. The van der Waals surface area contributed by atoms with Crippen LogP contribution >= 0.6 is 0 Å². The van der Waals surface area contributed by atoms with E-state index in [1.807, 2.05) is 0 Å². The van der Waals surface area contributed by atoms with Crippen LogP contribution in [0.15, 0.2) is 24.3 Å². The van der Waals surface area contributed by atoms with Gasteiger partial charge in [0.05, 0.1) is 13.6 Å². The number of quaternary nitrogens is 1. The van der Waals surface area contributed by atoms with Crippen LogP contribution < -0.4 is 9.80 Å². The molecule has 0 radical (unpaired) electrons. The van der Waals surface area contributed by atoms with E-state index in [1.54, 1.807) is 0 Å². The molecule has 0 amide bonds. The van der Waals surface area contributed by atoms with Gasteiger partial charge in [-0.15, -0.1) is 0 Å². The van der Waals surface area contributed by atoms with Crippen molar-refractivity contribution < 1.29 is 4.90 Å². The van der Waals surface area contributed by atoms with Gasteiger partial charge >= 0.3 is 0 Å². The molecule has 0 aromatic heterocycles. The molecule has 1 unspecified atom stereocenters. The van der Waals surface area contributed by atoms with Crippen molar-refractivity contribution in [2.24, 2.45) is 0 Å². The fourth-order valence-corrected chi connectivity index (χ4v) is 1.39. The normalized spacial score (nSPS) is 12.6. The molecule has 1 atom stereocenters. The number of benzene rings is 1. The molecular formula is C12H21N2+. The Morgan fingerprint density at radius 1 is 1.14 bits per heavy atom. The van der Waals surface area contributed by atoms with Crippen molar-refractivity contribution >= 4 is 11.4 Å². The first kappa shape index (κ1) is 11.1. The molecule has 78 valence electrons. The van der Waals surface area contributed by atoms with Crippen molar-refractivity contribution in [3.8, 4) is 0 Å². The third-order valence-electron chi connectivity index (χ3n) is 2.81. The molecular weight excluding hydrogens is 172 g/mol. The molecule has 0 bridgehead atoms. The third kappa shape index (κ3) is 2.48. The van der Waals surface area contributed by atoms with Crippen LogP contribution in [0.1, 0.15) is 13.8 Å². The van der Waals surface area contributed by atoms with E-state index < -0.39 is 0 Å². The van der Waals surface area contributed by atoms with Crippen LogP contribution in [0.4, 0.5) is 11.4 Å². The lowest BCUT2D eigenvalue weighted by Gasteiger charge is -2.17. The Balaban J connectivity index is 2.78. The molecule has 1 aromatic rings. The Hall–Kier alpha value is -1.02. The molecule has 0 fully saturated rings. The van der Waals surface area contributed by atoms with E-state index in [2.05, 4.69) is 57.1 Å². The number of nitrogens with zero attached hydrogens (tertiary/aromatic N) is 1. The minimum Gasteiger partial charge on any atom is -0.375 e. The summed E-state index contributed by atoms with van der Waals surface area (Å²) in [6.07, 6.45) is 0. The molecule has 0 heterocycles. The van der Waals surface area contributed by atoms with E-state index in [0.29, 0.717) is 0 Å². The van der Waals surface area contributed by atoms with Crippen LogP contribution in [0.5, 0.6) is 0 Å². The first-order chi connectivity index (χ1) is 6.69. The van der Waals surface area contributed by atoms with Crippen molar-refractivity contribution in [2.75, 3.05) is 32.1 Å². The minimum absolute atomic E-state index is 1.05. The molecule has 0 aliphatic heterocycles. The summed E-state index contributed by atoms with van der Waals surface area (Å²) in [5.41, 5.74) is 2.65. The molecule has 0 aliphatic carbocycles. The largest absolute Gasteiger partial charge is 0.375 e. The summed E-state index contributed by atoms with van der Waals surface area (Å²) in [6, 6.07) is 8.80. The number of hydrogen-bond acceptors (Lipinski definition) is 1. The van der Waals surface area contributed by atoms with Crippen molar-refractivity contribution in [1.82, 2.24) is 0 Å². The summed E-state index contributed by atoms with van der Waals surface area (Å²) < 4.78 is 0. The summed E-state index contributed by atoms with van der Waals surface area (Å²) in [7, 11) is 4.31. The van der Waals surface area contributed by atoms with Crippen molar-refractivity contribution in [3.63, 3.8) is 0 Å². The van der Waals surface area contributed by atoms with Crippen LogP contribution in [0, 0.1) is 0 Å². The van der Waals surface area contributed by atoms with Gasteiger partial charge < -0.3 is 9.80 Å². The van der Waals surface area contributed by atoms with Crippen molar-refractivity contribution in [2.45, 2.75) is 13.8 Å². The maximum Gasteiger partial charge on any atom is 0.131 e. The van der Waals surface area contributed by atoms with Crippen LogP contribution in [-0.2, 0) is 0 Å². The second kappa shape index (κ2) is 5.01. The smallest absolute Gasteiger partial charge is 0.131 e. The van der Waals surface area contributed by atoms with Gasteiger partial charge in [0.25, 0.3) is 0 Å². The monoisotopic (exact) mass is 193 g/mol. The SMILES string of the molecule is CCN(C)c1ccc([NH+](C)CC)cc1. The average molecular weight is 193 g/mol. The predicted octanol–water partition coefficient (Wildman–Crippen LogP) is 1.31. The molecule has 0 saturated heterocycles. The van der Waals surface area contributed by atoms with E-state index in [4.69, 9.17) is 0 Å². The Bertz CT molecular complexity index is 237. The minimum atomic E-state index is 1.05. The average Bonchev–Trinajstić information content (AvgIpc) is 2.27. The van der Waals surface area contributed by atoms with Gasteiger partial charge in [0, 0.05) is 31.4 Å². The molecule has 1 aromatic carbocycles.